The van der Waals surface area contributed by atoms with E-state index in [1.807, 2.05) is 20.8 Å². The lowest BCUT2D eigenvalue weighted by atomic mass is 10.1. The number of anilines is 1. The average molecular weight is 402 g/mol. The Morgan fingerprint density at radius 3 is 2.55 bits per heavy atom. The minimum absolute atomic E-state index is 0.253. The largest absolute Gasteiger partial charge is 0.493 e. The quantitative estimate of drug-likeness (QED) is 0.814. The molecule has 2 amide bonds. The van der Waals surface area contributed by atoms with E-state index in [0.29, 0.717) is 35.7 Å². The first-order valence-electron chi connectivity index (χ1n) is 9.29. The number of hydrogen-bond acceptors (Lipinski definition) is 6. The minimum Gasteiger partial charge on any atom is -0.493 e. The number of fused-ring (bicyclic) bond motifs is 1. The number of methoxy groups -OCH3 is 2. The summed E-state index contributed by atoms with van der Waals surface area (Å²) >= 11 is 0. The molecule has 0 spiro atoms. The van der Waals surface area contributed by atoms with Crippen LogP contribution in [0.2, 0.25) is 0 Å². The van der Waals surface area contributed by atoms with Crippen LogP contribution >= 0.6 is 0 Å². The van der Waals surface area contributed by atoms with Crippen molar-refractivity contribution in [3.05, 3.63) is 35.2 Å². The first kappa shape index (κ1) is 20.5. The Balaban J connectivity index is 1.76. The van der Waals surface area contributed by atoms with Crippen LogP contribution in [0.15, 0.2) is 18.2 Å². The van der Waals surface area contributed by atoms with Crippen molar-refractivity contribution in [1.82, 2.24) is 15.1 Å². The molecule has 1 aromatic carbocycles. The van der Waals surface area contributed by atoms with Crippen molar-refractivity contribution < 1.29 is 23.8 Å². The molecule has 9 nitrogen and oxygen atoms in total. The van der Waals surface area contributed by atoms with Crippen LogP contribution in [0.3, 0.4) is 0 Å². The van der Waals surface area contributed by atoms with Gasteiger partial charge in [0.25, 0.3) is 5.91 Å². The number of nitrogens with zero attached hydrogens (tertiary/aromatic N) is 2. The summed E-state index contributed by atoms with van der Waals surface area (Å²) in [5.41, 5.74) is 1.76. The van der Waals surface area contributed by atoms with Gasteiger partial charge in [0.2, 0.25) is 0 Å². The number of nitrogens with one attached hydrogen (secondary N) is 2. The molecule has 156 valence electrons. The van der Waals surface area contributed by atoms with Gasteiger partial charge < -0.3 is 24.4 Å². The SMILES string of the molecule is COc1ccc(NC(=O)c2n[nH]c3c2CN(C(=O)OC(C)(C)C)CC3)cc1OC. The van der Waals surface area contributed by atoms with Crippen LogP contribution < -0.4 is 14.8 Å². The van der Waals surface area contributed by atoms with Crippen molar-refractivity contribution in [2.75, 3.05) is 26.1 Å². The number of carbonyl (C=O) groups excluding carboxylic acids is 2. The van der Waals surface area contributed by atoms with Crippen molar-refractivity contribution in [2.45, 2.75) is 39.3 Å². The molecule has 9 heteroatoms. The maximum Gasteiger partial charge on any atom is 0.410 e. The summed E-state index contributed by atoms with van der Waals surface area (Å²) in [6, 6.07) is 5.09. The number of ether oxygens (including phenoxy) is 3. The normalized spacial score (nSPS) is 13.5. The van der Waals surface area contributed by atoms with Gasteiger partial charge in [0, 0.05) is 36.0 Å². The minimum atomic E-state index is -0.582. The fourth-order valence-corrected chi connectivity index (χ4v) is 3.07. The van der Waals surface area contributed by atoms with Crippen LogP contribution in [0.5, 0.6) is 11.5 Å². The summed E-state index contributed by atoms with van der Waals surface area (Å²) < 4.78 is 15.9. The van der Waals surface area contributed by atoms with Gasteiger partial charge in [0.1, 0.15) is 5.60 Å². The molecule has 0 saturated heterocycles. The summed E-state index contributed by atoms with van der Waals surface area (Å²) in [4.78, 5) is 26.8. The van der Waals surface area contributed by atoms with Gasteiger partial charge in [-0.15, -0.1) is 0 Å². The maximum absolute atomic E-state index is 12.8. The lowest BCUT2D eigenvalue weighted by Crippen LogP contribution is -2.40. The third kappa shape index (κ3) is 4.61. The molecular formula is C20H26N4O5. The Kier molecular flexibility index (Phi) is 5.67. The number of amides is 2. The first-order valence-corrected chi connectivity index (χ1v) is 9.29. The monoisotopic (exact) mass is 402 g/mol. The van der Waals surface area contributed by atoms with Gasteiger partial charge in [0.05, 0.1) is 20.8 Å². The molecule has 2 heterocycles. The highest BCUT2D eigenvalue weighted by molar-refractivity contribution is 6.04. The number of hydrogen-bond donors (Lipinski definition) is 2. The second-order valence-corrected chi connectivity index (χ2v) is 7.71. The molecular weight excluding hydrogens is 376 g/mol. The van der Waals surface area contributed by atoms with Crippen LogP contribution in [0.25, 0.3) is 0 Å². The zero-order chi connectivity index (χ0) is 21.2. The standard InChI is InChI=1S/C20H26N4O5/c1-20(2,3)29-19(26)24-9-8-14-13(11-24)17(23-22-14)18(25)21-12-6-7-15(27-4)16(10-12)28-5/h6-7,10H,8-9,11H2,1-5H3,(H,21,25)(H,22,23). The van der Waals surface area contributed by atoms with Gasteiger partial charge in [-0.3, -0.25) is 9.89 Å². The van der Waals surface area contributed by atoms with E-state index < -0.39 is 11.7 Å². The van der Waals surface area contributed by atoms with E-state index in [2.05, 4.69) is 15.5 Å². The molecule has 1 aliphatic heterocycles. The topological polar surface area (TPSA) is 106 Å². The van der Waals surface area contributed by atoms with Crippen LogP contribution in [0.4, 0.5) is 10.5 Å². The molecule has 0 unspecified atom stereocenters. The van der Waals surface area contributed by atoms with Crippen LogP contribution in [-0.4, -0.2) is 53.5 Å². The highest BCUT2D eigenvalue weighted by atomic mass is 16.6. The zero-order valence-electron chi connectivity index (χ0n) is 17.3. The predicted molar refractivity (Wildman–Crippen MR) is 106 cm³/mol. The first-order chi connectivity index (χ1) is 13.7. The van der Waals surface area contributed by atoms with Crippen LogP contribution in [0.1, 0.15) is 42.5 Å². The molecule has 0 bridgehead atoms. The number of H-pyrrole nitrogens is 1. The zero-order valence-corrected chi connectivity index (χ0v) is 17.3. The lowest BCUT2D eigenvalue weighted by Gasteiger charge is -2.30. The van der Waals surface area contributed by atoms with E-state index >= 15 is 0 Å². The summed E-state index contributed by atoms with van der Waals surface area (Å²) in [6.07, 6.45) is 0.168. The molecule has 3 rings (SSSR count). The number of benzene rings is 1. The Morgan fingerprint density at radius 1 is 1.17 bits per heavy atom. The Labute approximate surface area is 169 Å². The molecule has 1 aromatic heterocycles. The molecule has 2 N–H and O–H groups in total. The lowest BCUT2D eigenvalue weighted by molar-refractivity contribution is 0.0222. The average Bonchev–Trinajstić information content (AvgIpc) is 3.09. The fraction of sp³-hybridized carbons (Fsp3) is 0.450. The second-order valence-electron chi connectivity index (χ2n) is 7.71. The highest BCUT2D eigenvalue weighted by Crippen LogP contribution is 2.30. The van der Waals surface area contributed by atoms with Crippen LogP contribution in [0, 0.1) is 0 Å². The molecule has 0 saturated carbocycles. The number of aromatic nitrogens is 2. The maximum atomic E-state index is 12.8. The van der Waals surface area contributed by atoms with E-state index in [1.165, 1.54) is 7.11 Å². The van der Waals surface area contributed by atoms with Gasteiger partial charge in [0.15, 0.2) is 17.2 Å². The van der Waals surface area contributed by atoms with Crippen molar-refractivity contribution in [2.24, 2.45) is 0 Å². The molecule has 1 aliphatic rings. The van der Waals surface area contributed by atoms with Crippen molar-refractivity contribution in [3.63, 3.8) is 0 Å². The number of carbonyl (C=O) groups is 2. The van der Waals surface area contributed by atoms with Gasteiger partial charge in [-0.2, -0.15) is 5.10 Å². The smallest absolute Gasteiger partial charge is 0.410 e. The predicted octanol–water partition coefficient (Wildman–Crippen LogP) is 2.97. The molecule has 29 heavy (non-hydrogen) atoms. The Morgan fingerprint density at radius 2 is 1.90 bits per heavy atom. The number of rotatable bonds is 4. The molecule has 0 radical (unpaired) electrons. The molecule has 2 aromatic rings. The van der Waals surface area contributed by atoms with Gasteiger partial charge in [-0.1, -0.05) is 0 Å². The Bertz CT molecular complexity index is 916. The van der Waals surface area contributed by atoms with Gasteiger partial charge in [-0.05, 0) is 32.9 Å². The van der Waals surface area contributed by atoms with Gasteiger partial charge in [-0.25, -0.2) is 4.79 Å². The van der Waals surface area contributed by atoms with Crippen molar-refractivity contribution in [1.29, 1.82) is 0 Å². The van der Waals surface area contributed by atoms with E-state index in [-0.39, 0.29) is 18.1 Å². The summed E-state index contributed by atoms with van der Waals surface area (Å²) in [6.45, 7) is 6.22. The number of aromatic amines is 1. The molecule has 0 atom stereocenters. The second kappa shape index (κ2) is 8.02. The third-order valence-electron chi connectivity index (χ3n) is 4.44. The van der Waals surface area contributed by atoms with E-state index in [0.717, 1.165) is 5.69 Å². The third-order valence-corrected chi connectivity index (χ3v) is 4.44. The van der Waals surface area contributed by atoms with E-state index in [4.69, 9.17) is 14.2 Å². The van der Waals surface area contributed by atoms with Crippen molar-refractivity contribution in [3.8, 4) is 11.5 Å². The van der Waals surface area contributed by atoms with E-state index in [9.17, 15) is 9.59 Å². The summed E-state index contributed by atoms with van der Waals surface area (Å²) in [5, 5.41) is 9.89. The van der Waals surface area contributed by atoms with Crippen molar-refractivity contribution >= 4 is 17.7 Å². The highest BCUT2D eigenvalue weighted by Gasteiger charge is 2.30. The van der Waals surface area contributed by atoms with E-state index in [1.54, 1.807) is 30.2 Å². The molecule has 0 aliphatic carbocycles. The van der Waals surface area contributed by atoms with Gasteiger partial charge >= 0.3 is 6.09 Å². The van der Waals surface area contributed by atoms with Crippen LogP contribution in [-0.2, 0) is 17.7 Å². The fourth-order valence-electron chi connectivity index (χ4n) is 3.07. The summed E-state index contributed by atoms with van der Waals surface area (Å²) in [5.74, 6) is 0.696. The molecule has 0 fully saturated rings. The summed E-state index contributed by atoms with van der Waals surface area (Å²) in [7, 11) is 3.07. The Hall–Kier alpha value is -3.23.